The van der Waals surface area contributed by atoms with Crippen LogP contribution in [0.2, 0.25) is 0 Å². The van der Waals surface area contributed by atoms with E-state index in [0.29, 0.717) is 6.54 Å². The van der Waals surface area contributed by atoms with Crippen molar-refractivity contribution in [2.75, 3.05) is 19.0 Å². The van der Waals surface area contributed by atoms with Crippen molar-refractivity contribution in [3.05, 3.63) is 58.1 Å². The van der Waals surface area contributed by atoms with Gasteiger partial charge in [0.2, 0.25) is 0 Å². The van der Waals surface area contributed by atoms with E-state index < -0.39 is 0 Å². The van der Waals surface area contributed by atoms with Gasteiger partial charge in [0.1, 0.15) is 5.75 Å². The lowest BCUT2D eigenvalue weighted by Crippen LogP contribution is -2.30. The normalized spacial score (nSPS) is 10.1. The maximum absolute atomic E-state index is 11.9. The van der Waals surface area contributed by atoms with Gasteiger partial charge in [-0.05, 0) is 64.7 Å². The van der Waals surface area contributed by atoms with Gasteiger partial charge in [-0.25, -0.2) is 4.79 Å². The fraction of sp³-hybridized carbons (Fsp3) is 0.235. The average Bonchev–Trinajstić information content (AvgIpc) is 2.51. The lowest BCUT2D eigenvalue weighted by atomic mass is 10.1. The summed E-state index contributed by atoms with van der Waals surface area (Å²) in [5.74, 6) is 0.832. The minimum Gasteiger partial charge on any atom is -0.497 e. The van der Waals surface area contributed by atoms with Crippen molar-refractivity contribution in [3.8, 4) is 5.75 Å². The Kier molecular flexibility index (Phi) is 5.83. The molecular formula is C17H19BrN2O2. The number of halogens is 1. The van der Waals surface area contributed by atoms with Crippen LogP contribution in [0.4, 0.5) is 10.5 Å². The number of ether oxygens (including phenoxy) is 1. The summed E-state index contributed by atoms with van der Waals surface area (Å²) in [5, 5.41) is 5.67. The van der Waals surface area contributed by atoms with Crippen molar-refractivity contribution in [1.29, 1.82) is 0 Å². The monoisotopic (exact) mass is 362 g/mol. The second kappa shape index (κ2) is 7.84. The smallest absolute Gasteiger partial charge is 0.319 e. The van der Waals surface area contributed by atoms with Crippen LogP contribution in [0.15, 0.2) is 46.9 Å². The summed E-state index contributed by atoms with van der Waals surface area (Å²) in [6.45, 7) is 2.57. The van der Waals surface area contributed by atoms with Gasteiger partial charge in [0, 0.05) is 11.0 Å². The van der Waals surface area contributed by atoms with Crippen LogP contribution in [-0.4, -0.2) is 19.7 Å². The molecule has 0 atom stereocenters. The van der Waals surface area contributed by atoms with Crippen molar-refractivity contribution in [3.63, 3.8) is 0 Å². The third-order valence-corrected chi connectivity index (χ3v) is 3.89. The summed E-state index contributed by atoms with van der Waals surface area (Å²) in [5.41, 5.74) is 3.04. The number of nitrogens with one attached hydrogen (secondary N) is 2. The zero-order valence-electron chi connectivity index (χ0n) is 12.7. The van der Waals surface area contributed by atoms with Crippen LogP contribution >= 0.6 is 15.9 Å². The first-order chi connectivity index (χ1) is 10.6. The summed E-state index contributed by atoms with van der Waals surface area (Å²) < 4.78 is 5.99. The predicted molar refractivity (Wildman–Crippen MR) is 92.6 cm³/mol. The number of aryl methyl sites for hydroxylation is 1. The quantitative estimate of drug-likeness (QED) is 0.839. The molecule has 0 spiro atoms. The van der Waals surface area contributed by atoms with Crippen LogP contribution in [-0.2, 0) is 6.42 Å². The third kappa shape index (κ3) is 4.77. The molecular weight excluding hydrogens is 344 g/mol. The highest BCUT2D eigenvalue weighted by Gasteiger charge is 2.05. The molecule has 2 amide bonds. The van der Waals surface area contributed by atoms with Crippen LogP contribution in [0.1, 0.15) is 11.1 Å². The van der Waals surface area contributed by atoms with Gasteiger partial charge in [0.25, 0.3) is 0 Å². The largest absolute Gasteiger partial charge is 0.497 e. The Labute approximate surface area is 139 Å². The van der Waals surface area contributed by atoms with Crippen LogP contribution in [0.3, 0.4) is 0 Å². The summed E-state index contributed by atoms with van der Waals surface area (Å²) in [6, 6.07) is 13.4. The third-order valence-electron chi connectivity index (χ3n) is 3.23. The Morgan fingerprint density at radius 1 is 1.18 bits per heavy atom. The minimum atomic E-state index is -0.210. The van der Waals surface area contributed by atoms with Crippen LogP contribution in [0.5, 0.6) is 5.75 Å². The Morgan fingerprint density at radius 3 is 2.55 bits per heavy atom. The summed E-state index contributed by atoms with van der Waals surface area (Å²) in [6.07, 6.45) is 0.770. The SMILES string of the molecule is COc1ccc(CCNC(=O)Nc2ccc(C)cc2Br)cc1. The molecule has 0 aliphatic carbocycles. The molecule has 5 heteroatoms. The number of benzene rings is 2. The first kappa shape index (κ1) is 16.4. The maximum atomic E-state index is 11.9. The predicted octanol–water partition coefficient (Wildman–Crippen LogP) is 4.13. The Morgan fingerprint density at radius 2 is 1.91 bits per heavy atom. The first-order valence-corrected chi connectivity index (χ1v) is 7.81. The lowest BCUT2D eigenvalue weighted by Gasteiger charge is -2.10. The number of amides is 2. The molecule has 0 radical (unpaired) electrons. The molecule has 0 heterocycles. The molecule has 2 rings (SSSR count). The number of rotatable bonds is 5. The molecule has 0 aliphatic heterocycles. The van der Waals surface area contributed by atoms with Crippen molar-refractivity contribution in [2.45, 2.75) is 13.3 Å². The van der Waals surface area contributed by atoms with E-state index in [9.17, 15) is 4.79 Å². The number of hydrogen-bond donors (Lipinski definition) is 2. The second-order valence-electron chi connectivity index (χ2n) is 4.96. The summed E-state index contributed by atoms with van der Waals surface area (Å²) in [4.78, 5) is 11.9. The Bertz CT molecular complexity index is 642. The molecule has 0 saturated carbocycles. The standard InChI is InChI=1S/C17H19BrN2O2/c1-12-3-8-16(15(18)11-12)20-17(21)19-10-9-13-4-6-14(22-2)7-5-13/h3-8,11H,9-10H2,1-2H3,(H2,19,20,21). The van der Waals surface area contributed by atoms with Crippen LogP contribution in [0, 0.1) is 6.92 Å². The van der Waals surface area contributed by atoms with Gasteiger partial charge in [-0.1, -0.05) is 18.2 Å². The zero-order chi connectivity index (χ0) is 15.9. The summed E-state index contributed by atoms with van der Waals surface area (Å²) >= 11 is 3.44. The number of carbonyl (C=O) groups excluding carboxylic acids is 1. The Hall–Kier alpha value is -2.01. The van der Waals surface area contributed by atoms with Gasteiger partial charge < -0.3 is 15.4 Å². The van der Waals surface area contributed by atoms with E-state index in [1.165, 1.54) is 0 Å². The van der Waals surface area contributed by atoms with Gasteiger partial charge in [-0.15, -0.1) is 0 Å². The van der Waals surface area contributed by atoms with Crippen LogP contribution < -0.4 is 15.4 Å². The van der Waals surface area contributed by atoms with Gasteiger partial charge >= 0.3 is 6.03 Å². The van der Waals surface area contributed by atoms with Gasteiger partial charge in [-0.2, -0.15) is 0 Å². The van der Waals surface area contributed by atoms with Crippen molar-refractivity contribution >= 4 is 27.6 Å². The topological polar surface area (TPSA) is 50.4 Å². The number of hydrogen-bond acceptors (Lipinski definition) is 2. The van der Waals surface area contributed by atoms with E-state index >= 15 is 0 Å². The van der Waals surface area contributed by atoms with Gasteiger partial charge in [0.05, 0.1) is 12.8 Å². The zero-order valence-corrected chi connectivity index (χ0v) is 14.2. The highest BCUT2D eigenvalue weighted by atomic mass is 79.9. The summed E-state index contributed by atoms with van der Waals surface area (Å²) in [7, 11) is 1.64. The average molecular weight is 363 g/mol. The number of urea groups is 1. The van der Waals surface area contributed by atoms with Gasteiger partial charge in [0.15, 0.2) is 0 Å². The molecule has 2 aromatic carbocycles. The van der Waals surface area contributed by atoms with Gasteiger partial charge in [-0.3, -0.25) is 0 Å². The van der Waals surface area contributed by atoms with E-state index in [1.54, 1.807) is 7.11 Å². The van der Waals surface area contributed by atoms with E-state index in [2.05, 4.69) is 26.6 Å². The van der Waals surface area contributed by atoms with E-state index in [4.69, 9.17) is 4.74 Å². The van der Waals surface area contributed by atoms with E-state index in [-0.39, 0.29) is 6.03 Å². The Balaban J connectivity index is 1.79. The molecule has 2 aromatic rings. The molecule has 0 unspecified atom stereocenters. The molecule has 0 saturated heterocycles. The first-order valence-electron chi connectivity index (χ1n) is 7.02. The minimum absolute atomic E-state index is 0.210. The number of anilines is 1. The molecule has 2 N–H and O–H groups in total. The fourth-order valence-corrected chi connectivity index (χ4v) is 2.59. The number of methoxy groups -OCH3 is 1. The second-order valence-corrected chi connectivity index (χ2v) is 5.82. The molecule has 0 bridgehead atoms. The van der Waals surface area contributed by atoms with E-state index in [0.717, 1.165) is 33.5 Å². The molecule has 22 heavy (non-hydrogen) atoms. The molecule has 0 fully saturated rings. The molecule has 0 aliphatic rings. The van der Waals surface area contributed by atoms with Crippen molar-refractivity contribution in [1.82, 2.24) is 5.32 Å². The molecule has 4 nitrogen and oxygen atoms in total. The van der Waals surface area contributed by atoms with Crippen molar-refractivity contribution in [2.24, 2.45) is 0 Å². The fourth-order valence-electron chi connectivity index (χ4n) is 2.00. The highest BCUT2D eigenvalue weighted by Crippen LogP contribution is 2.23. The van der Waals surface area contributed by atoms with E-state index in [1.807, 2.05) is 49.4 Å². The number of carbonyl (C=O) groups is 1. The van der Waals surface area contributed by atoms with Crippen molar-refractivity contribution < 1.29 is 9.53 Å². The molecule has 116 valence electrons. The lowest BCUT2D eigenvalue weighted by molar-refractivity contribution is 0.252. The molecule has 0 aromatic heterocycles. The van der Waals surface area contributed by atoms with Crippen LogP contribution in [0.25, 0.3) is 0 Å². The highest BCUT2D eigenvalue weighted by molar-refractivity contribution is 9.10. The maximum Gasteiger partial charge on any atom is 0.319 e.